The lowest BCUT2D eigenvalue weighted by atomic mass is 10.1. The Balaban J connectivity index is 1.51. The van der Waals surface area contributed by atoms with Gasteiger partial charge in [-0.3, -0.25) is 29.6 Å². The highest BCUT2D eigenvalue weighted by Gasteiger charge is 2.36. The molecule has 0 aliphatic carbocycles. The Morgan fingerprint density at radius 1 is 1.09 bits per heavy atom. The summed E-state index contributed by atoms with van der Waals surface area (Å²) in [6.07, 6.45) is -0.140. The van der Waals surface area contributed by atoms with Crippen molar-refractivity contribution in [2.75, 3.05) is 32.7 Å². The number of hydrazine groups is 1. The van der Waals surface area contributed by atoms with Crippen molar-refractivity contribution in [3.8, 4) is 11.5 Å². The molecule has 34 heavy (non-hydrogen) atoms. The second-order valence-electron chi connectivity index (χ2n) is 7.54. The molecule has 3 amide bonds. The number of aryl methyl sites for hydroxylation is 1. The Morgan fingerprint density at radius 2 is 1.82 bits per heavy atom. The van der Waals surface area contributed by atoms with Gasteiger partial charge in [-0.2, -0.15) is 0 Å². The van der Waals surface area contributed by atoms with Crippen LogP contribution >= 0.6 is 15.9 Å². The number of rotatable bonds is 8. The number of benzene rings is 2. The molecule has 0 unspecified atom stereocenters. The summed E-state index contributed by atoms with van der Waals surface area (Å²) < 4.78 is 16.3. The van der Waals surface area contributed by atoms with Crippen LogP contribution in [0.25, 0.3) is 0 Å². The molecular formula is C23H24BrN3O7. The van der Waals surface area contributed by atoms with Crippen molar-refractivity contribution in [2.24, 2.45) is 5.92 Å². The van der Waals surface area contributed by atoms with Gasteiger partial charge >= 0.3 is 5.97 Å². The molecule has 2 aromatic carbocycles. The highest BCUT2D eigenvalue weighted by Crippen LogP contribution is 2.28. The first-order chi connectivity index (χ1) is 16.2. The molecule has 3 rings (SSSR count). The van der Waals surface area contributed by atoms with Crippen molar-refractivity contribution in [1.82, 2.24) is 10.4 Å². The minimum absolute atomic E-state index is 0.0653. The van der Waals surface area contributed by atoms with Crippen LogP contribution in [0.15, 0.2) is 40.9 Å². The first-order valence-electron chi connectivity index (χ1n) is 10.3. The summed E-state index contributed by atoms with van der Waals surface area (Å²) in [5.41, 5.74) is 4.24. The number of carbonyl (C=O) groups excluding carboxylic acids is 4. The fraction of sp³-hybridized carbons (Fsp3) is 0.304. The molecule has 1 aliphatic heterocycles. The predicted molar refractivity (Wildman–Crippen MR) is 125 cm³/mol. The average Bonchev–Trinajstić information content (AvgIpc) is 3.19. The maximum atomic E-state index is 12.6. The number of ether oxygens (including phenoxy) is 3. The topological polar surface area (TPSA) is 123 Å². The number of amides is 3. The largest absolute Gasteiger partial charge is 0.493 e. The van der Waals surface area contributed by atoms with Crippen molar-refractivity contribution in [3.05, 3.63) is 52.0 Å². The summed E-state index contributed by atoms with van der Waals surface area (Å²) in [7, 11) is 2.92. The Morgan fingerprint density at radius 3 is 2.50 bits per heavy atom. The quantitative estimate of drug-likeness (QED) is 0.499. The number of methoxy groups -OCH3 is 2. The molecule has 0 spiro atoms. The molecule has 0 radical (unpaired) electrons. The van der Waals surface area contributed by atoms with Crippen LogP contribution in [-0.4, -0.2) is 56.1 Å². The molecule has 0 aromatic heterocycles. The minimum Gasteiger partial charge on any atom is -0.493 e. The summed E-state index contributed by atoms with van der Waals surface area (Å²) in [6, 6.07) is 9.86. The smallest absolute Gasteiger partial charge is 0.311 e. The van der Waals surface area contributed by atoms with E-state index in [1.165, 1.54) is 26.4 Å². The molecule has 1 aliphatic rings. The third kappa shape index (κ3) is 6.04. The fourth-order valence-corrected chi connectivity index (χ4v) is 3.56. The Bertz CT molecular complexity index is 1120. The lowest BCUT2D eigenvalue weighted by Gasteiger charge is -2.18. The van der Waals surface area contributed by atoms with Crippen molar-refractivity contribution < 1.29 is 33.4 Å². The van der Waals surface area contributed by atoms with Crippen molar-refractivity contribution in [3.63, 3.8) is 0 Å². The second kappa shape index (κ2) is 11.0. The lowest BCUT2D eigenvalue weighted by Crippen LogP contribution is -2.43. The summed E-state index contributed by atoms with van der Waals surface area (Å²) >= 11 is 3.38. The van der Waals surface area contributed by atoms with Gasteiger partial charge in [0.2, 0.25) is 5.91 Å². The van der Waals surface area contributed by atoms with Crippen LogP contribution in [0.1, 0.15) is 22.3 Å². The predicted octanol–water partition coefficient (Wildman–Crippen LogP) is 2.45. The monoisotopic (exact) mass is 533 g/mol. The summed E-state index contributed by atoms with van der Waals surface area (Å²) in [4.78, 5) is 49.3. The minimum atomic E-state index is -0.805. The fourth-order valence-electron chi connectivity index (χ4n) is 3.31. The molecule has 1 fully saturated rings. The zero-order chi connectivity index (χ0) is 24.8. The summed E-state index contributed by atoms with van der Waals surface area (Å²) in [5, 5.41) is 3.71. The molecule has 1 atom stereocenters. The van der Waals surface area contributed by atoms with Crippen LogP contribution in [0.2, 0.25) is 0 Å². The van der Waals surface area contributed by atoms with E-state index in [0.29, 0.717) is 17.2 Å². The van der Waals surface area contributed by atoms with E-state index in [0.717, 1.165) is 15.0 Å². The van der Waals surface area contributed by atoms with Crippen LogP contribution in [0.5, 0.6) is 11.5 Å². The maximum absolute atomic E-state index is 12.6. The van der Waals surface area contributed by atoms with Gasteiger partial charge in [0.05, 0.1) is 26.7 Å². The molecule has 180 valence electrons. The molecular weight excluding hydrogens is 510 g/mol. The van der Waals surface area contributed by atoms with Gasteiger partial charge in [-0.25, -0.2) is 0 Å². The Labute approximate surface area is 204 Å². The Kier molecular flexibility index (Phi) is 8.11. The highest BCUT2D eigenvalue weighted by atomic mass is 79.9. The van der Waals surface area contributed by atoms with Gasteiger partial charge in [-0.1, -0.05) is 15.9 Å². The van der Waals surface area contributed by atoms with E-state index in [4.69, 9.17) is 14.2 Å². The molecule has 0 saturated carbocycles. The highest BCUT2D eigenvalue weighted by molar-refractivity contribution is 9.10. The van der Waals surface area contributed by atoms with Crippen LogP contribution in [0, 0.1) is 12.8 Å². The second-order valence-corrected chi connectivity index (χ2v) is 8.39. The number of nitrogens with zero attached hydrogens (tertiary/aromatic N) is 1. The first-order valence-corrected chi connectivity index (χ1v) is 11.1. The lowest BCUT2D eigenvalue weighted by molar-refractivity contribution is -0.151. The van der Waals surface area contributed by atoms with Crippen molar-refractivity contribution in [1.29, 1.82) is 0 Å². The number of halogens is 1. The zero-order valence-electron chi connectivity index (χ0n) is 18.8. The normalized spacial score (nSPS) is 15.0. The molecule has 11 heteroatoms. The average molecular weight is 534 g/mol. The number of carbonyl (C=O) groups is 4. The van der Waals surface area contributed by atoms with E-state index >= 15 is 0 Å². The molecule has 1 saturated heterocycles. The number of nitrogens with one attached hydrogen (secondary N) is 2. The van der Waals surface area contributed by atoms with Gasteiger partial charge < -0.3 is 19.5 Å². The number of esters is 1. The summed E-state index contributed by atoms with van der Waals surface area (Å²) in [5.74, 6) is -2.17. The third-order valence-electron chi connectivity index (χ3n) is 5.13. The summed E-state index contributed by atoms with van der Waals surface area (Å²) in [6.45, 7) is 1.33. The molecule has 10 nitrogen and oxygen atoms in total. The van der Waals surface area contributed by atoms with Gasteiger partial charge in [0.25, 0.3) is 11.8 Å². The molecule has 2 aromatic rings. The van der Waals surface area contributed by atoms with Gasteiger partial charge in [-0.05, 0) is 48.9 Å². The van der Waals surface area contributed by atoms with E-state index in [9.17, 15) is 19.2 Å². The van der Waals surface area contributed by atoms with Crippen molar-refractivity contribution in [2.45, 2.75) is 13.3 Å². The molecule has 0 bridgehead atoms. The first kappa shape index (κ1) is 25.0. The van der Waals surface area contributed by atoms with Crippen LogP contribution < -0.4 is 20.2 Å². The third-order valence-corrected chi connectivity index (χ3v) is 6.02. The number of anilines is 1. The van der Waals surface area contributed by atoms with Gasteiger partial charge in [0.1, 0.15) is 0 Å². The van der Waals surface area contributed by atoms with Crippen molar-refractivity contribution >= 4 is 45.3 Å². The van der Waals surface area contributed by atoms with Gasteiger partial charge in [0, 0.05) is 22.1 Å². The van der Waals surface area contributed by atoms with Crippen LogP contribution in [0.3, 0.4) is 0 Å². The van der Waals surface area contributed by atoms with Gasteiger partial charge in [0.15, 0.2) is 18.1 Å². The van der Waals surface area contributed by atoms with Crippen LogP contribution in [0.4, 0.5) is 5.69 Å². The van der Waals surface area contributed by atoms with Gasteiger partial charge in [-0.15, -0.1) is 0 Å². The number of hydrogen-bond donors (Lipinski definition) is 2. The standard InChI is InChI=1S/C23H24BrN3O7/c1-13-8-16(5-6-17(13)24)25-20(28)12-34-23(31)15-10-21(29)27(11-15)26-22(30)14-4-7-18(32-2)19(9-14)33-3/h4-9,15H,10-12H2,1-3H3,(H,25,28)(H,26,30)/t15-/m0/s1. The maximum Gasteiger partial charge on any atom is 0.311 e. The van der Waals surface area contributed by atoms with E-state index in [1.54, 1.807) is 24.3 Å². The zero-order valence-corrected chi connectivity index (χ0v) is 20.4. The van der Waals surface area contributed by atoms with E-state index < -0.39 is 36.2 Å². The van der Waals surface area contributed by atoms with Crippen LogP contribution in [-0.2, 0) is 19.1 Å². The molecule has 2 N–H and O–H groups in total. The Hall–Kier alpha value is -3.60. The number of hydrogen-bond acceptors (Lipinski definition) is 7. The van der Waals surface area contributed by atoms with E-state index in [-0.39, 0.29) is 18.5 Å². The SMILES string of the molecule is COc1ccc(C(=O)NN2C[C@@H](C(=O)OCC(=O)Nc3ccc(Br)c(C)c3)CC2=O)cc1OC. The van der Waals surface area contributed by atoms with E-state index in [1.807, 2.05) is 6.92 Å². The van der Waals surface area contributed by atoms with E-state index in [2.05, 4.69) is 26.7 Å². The molecule has 1 heterocycles.